The van der Waals surface area contributed by atoms with Gasteiger partial charge in [-0.2, -0.15) is 4.39 Å². The molecule has 0 aliphatic carbocycles. The lowest BCUT2D eigenvalue weighted by Crippen LogP contribution is -2.51. The van der Waals surface area contributed by atoms with Gasteiger partial charge in [0.1, 0.15) is 11.2 Å². The van der Waals surface area contributed by atoms with E-state index in [0.29, 0.717) is 30.6 Å². The third-order valence-electron chi connectivity index (χ3n) is 6.19. The Morgan fingerprint density at radius 1 is 1.26 bits per heavy atom. The number of para-hydroxylation sites is 1. The average molecular weight is 508 g/mol. The lowest BCUT2D eigenvalue weighted by atomic mass is 9.89. The van der Waals surface area contributed by atoms with Crippen LogP contribution >= 0.6 is 10.8 Å². The Morgan fingerprint density at radius 3 is 2.51 bits per heavy atom. The first-order valence-electron chi connectivity index (χ1n) is 11.5. The first-order valence-corrected chi connectivity index (χ1v) is 13.1. The monoisotopic (exact) mass is 507 g/mol. The van der Waals surface area contributed by atoms with Crippen molar-refractivity contribution in [2.45, 2.75) is 50.0 Å². The maximum atomic E-state index is 13.7. The topological polar surface area (TPSA) is 106 Å². The van der Waals surface area contributed by atoms with Crippen molar-refractivity contribution in [2.24, 2.45) is 0 Å². The largest absolute Gasteiger partial charge is 0.476 e. The minimum absolute atomic E-state index is 0.0949. The van der Waals surface area contributed by atoms with E-state index in [0.717, 1.165) is 24.9 Å². The van der Waals surface area contributed by atoms with Crippen molar-refractivity contribution in [1.82, 2.24) is 4.72 Å². The smallest absolute Gasteiger partial charge is 0.368 e. The third-order valence-corrected chi connectivity index (χ3v) is 7.84. The molecule has 0 spiro atoms. The Morgan fingerprint density at radius 2 is 1.94 bits per heavy atom. The van der Waals surface area contributed by atoms with Crippen LogP contribution in [0.25, 0.3) is 0 Å². The highest BCUT2D eigenvalue weighted by atomic mass is 32.3. The van der Waals surface area contributed by atoms with E-state index in [9.17, 15) is 18.3 Å². The fourth-order valence-electron chi connectivity index (χ4n) is 4.21. The number of carbonyl (C=O) groups is 1. The van der Waals surface area contributed by atoms with Crippen LogP contribution in [0.3, 0.4) is 0 Å². The van der Waals surface area contributed by atoms with Gasteiger partial charge in [0.15, 0.2) is 5.75 Å². The van der Waals surface area contributed by atoms with Gasteiger partial charge in [-0.05, 0) is 31.0 Å². The number of halogens is 1. The minimum Gasteiger partial charge on any atom is -0.476 e. The van der Waals surface area contributed by atoms with Gasteiger partial charge in [0.25, 0.3) is 0 Å². The van der Waals surface area contributed by atoms with Crippen molar-refractivity contribution in [3.8, 4) is 5.75 Å². The van der Waals surface area contributed by atoms with E-state index in [1.807, 2.05) is 37.3 Å². The van der Waals surface area contributed by atoms with Crippen LogP contribution in [0.5, 0.6) is 5.75 Å². The number of hydrogen-bond acceptors (Lipinski definition) is 7. The number of rotatable bonds is 9. The maximum Gasteiger partial charge on any atom is 0.368 e. The highest BCUT2D eigenvalue weighted by molar-refractivity contribution is 8.22. The fraction of sp³-hybridized carbons (Fsp3) is 0.400. The highest BCUT2D eigenvalue weighted by Gasteiger charge is 2.41. The minimum atomic E-state index is -3.51. The summed E-state index contributed by atoms with van der Waals surface area (Å²) in [5, 5.41) is 8.84. The third kappa shape index (κ3) is 5.90. The zero-order valence-corrected chi connectivity index (χ0v) is 21.3. The van der Waals surface area contributed by atoms with E-state index in [2.05, 4.69) is 16.5 Å². The van der Waals surface area contributed by atoms with E-state index in [-0.39, 0.29) is 10.6 Å². The molecule has 0 bridgehead atoms. The van der Waals surface area contributed by atoms with Crippen molar-refractivity contribution < 1.29 is 28.1 Å². The summed E-state index contributed by atoms with van der Waals surface area (Å²) in [6.07, 6.45) is 3.77. The van der Waals surface area contributed by atoms with E-state index in [1.54, 1.807) is 25.1 Å². The molecular weight excluding hydrogens is 473 g/mol. The molecule has 0 saturated heterocycles. The van der Waals surface area contributed by atoms with Gasteiger partial charge in [0, 0.05) is 32.4 Å². The summed E-state index contributed by atoms with van der Waals surface area (Å²) in [6.45, 7) is 4.62. The van der Waals surface area contributed by atoms with Gasteiger partial charge in [0.2, 0.25) is 5.83 Å². The average Bonchev–Trinajstić information content (AvgIpc) is 2.93. The molecule has 2 aromatic carbocycles. The van der Waals surface area contributed by atoms with E-state index >= 15 is 0 Å². The Labute approximate surface area is 207 Å². The van der Waals surface area contributed by atoms with Gasteiger partial charge in [-0.25, -0.2) is 9.52 Å². The molecule has 0 saturated carbocycles. The molecular formula is C25H34FN3O5S. The van der Waals surface area contributed by atoms with Crippen LogP contribution in [0.4, 0.5) is 21.5 Å². The fourth-order valence-corrected chi connectivity index (χ4v) is 5.97. The van der Waals surface area contributed by atoms with E-state index < -0.39 is 28.1 Å². The zero-order chi connectivity index (χ0) is 25.8. The number of carboxylic acids is 1. The predicted octanol–water partition coefficient (Wildman–Crippen LogP) is 6.13. The second kappa shape index (κ2) is 10.9. The summed E-state index contributed by atoms with van der Waals surface area (Å²) >= 11 is 0. The van der Waals surface area contributed by atoms with Crippen LogP contribution in [0.1, 0.15) is 39.5 Å². The molecule has 3 rings (SSSR count). The number of hydrogen-bond donors (Lipinski definition) is 4. The van der Waals surface area contributed by atoms with E-state index in [1.165, 1.54) is 6.07 Å². The van der Waals surface area contributed by atoms with Crippen LogP contribution < -0.4 is 19.3 Å². The molecule has 10 heteroatoms. The number of fused-ring (bicyclic) bond motifs is 1. The van der Waals surface area contributed by atoms with E-state index in [4.69, 9.17) is 9.84 Å². The summed E-state index contributed by atoms with van der Waals surface area (Å²) < 4.78 is 45.0. The van der Waals surface area contributed by atoms with Crippen molar-refractivity contribution in [3.63, 3.8) is 0 Å². The normalized spacial score (nSPS) is 20.5. The molecule has 0 amide bonds. The molecule has 8 nitrogen and oxygen atoms in total. The van der Waals surface area contributed by atoms with Gasteiger partial charge in [-0.15, -0.1) is 10.8 Å². The molecule has 35 heavy (non-hydrogen) atoms. The lowest BCUT2D eigenvalue weighted by Gasteiger charge is -2.42. The number of anilines is 3. The first kappa shape index (κ1) is 26.8. The Hall–Kier alpha value is -2.79. The number of aliphatic carboxylic acids is 1. The molecule has 192 valence electrons. The summed E-state index contributed by atoms with van der Waals surface area (Å²) in [5.41, 5.74) is 1.40. The van der Waals surface area contributed by atoms with Crippen molar-refractivity contribution in [3.05, 3.63) is 54.6 Å². The van der Waals surface area contributed by atoms with Crippen LogP contribution in [-0.4, -0.2) is 46.4 Å². The predicted molar refractivity (Wildman–Crippen MR) is 138 cm³/mol. The molecule has 1 atom stereocenters. The Bertz CT molecular complexity index is 1080. The Balaban J connectivity index is 2.25. The van der Waals surface area contributed by atoms with Gasteiger partial charge in [-0.3, -0.25) is 9.11 Å². The molecule has 0 aromatic heterocycles. The molecule has 0 fully saturated rings. The van der Waals surface area contributed by atoms with Crippen LogP contribution in [0.15, 0.2) is 59.4 Å². The van der Waals surface area contributed by atoms with Gasteiger partial charge in [0.05, 0.1) is 16.9 Å². The van der Waals surface area contributed by atoms with Crippen LogP contribution in [0, 0.1) is 0 Å². The van der Waals surface area contributed by atoms with Gasteiger partial charge >= 0.3 is 5.97 Å². The molecule has 4 N–H and O–H groups in total. The number of unbranched alkanes of at least 4 members (excludes halogenated alkanes) is 1. The number of ether oxygens (including phenoxy) is 1. The summed E-state index contributed by atoms with van der Waals surface area (Å²) in [4.78, 5) is 14.9. The second-order valence-corrected chi connectivity index (χ2v) is 10.6. The first-order chi connectivity index (χ1) is 16.5. The SMILES string of the molecule is CCCCC1(CC)CN(c2ccccc2)c2cc(N(C)C)c(O/C=C(\F)C(=O)O)cc2S(O)(O)N1. The zero-order valence-electron chi connectivity index (χ0n) is 20.5. The standard InChI is InChI=1S/C25H34FN3O5S/c1-5-7-13-25(6-2)17-29(18-11-9-8-10-12-18)21-14-20(28(3)4)22(34-16-19(26)24(30)31)15-23(21)35(32,33)27-25/h8-12,14-16,27,32-33H,5-7,13,17H2,1-4H3,(H,30,31)/b19-16-. The molecule has 2 aromatic rings. The number of nitrogens with one attached hydrogen (secondary N) is 1. The number of nitrogens with zero attached hydrogens (tertiary/aromatic N) is 2. The quantitative estimate of drug-likeness (QED) is 0.237. The molecule has 0 radical (unpaired) electrons. The van der Waals surface area contributed by atoms with Crippen molar-refractivity contribution in [2.75, 3.05) is 30.4 Å². The maximum absolute atomic E-state index is 13.7. The molecule has 1 unspecified atom stereocenters. The second-order valence-electron chi connectivity index (χ2n) is 8.88. The molecule has 1 heterocycles. The summed E-state index contributed by atoms with van der Waals surface area (Å²) in [5.74, 6) is -3.13. The Kier molecular flexibility index (Phi) is 8.32. The summed E-state index contributed by atoms with van der Waals surface area (Å²) in [7, 11) is 0.0239. The summed E-state index contributed by atoms with van der Waals surface area (Å²) in [6, 6.07) is 12.9. The van der Waals surface area contributed by atoms with Crippen molar-refractivity contribution in [1.29, 1.82) is 0 Å². The number of carboxylic acid groups (broad SMARTS) is 1. The number of benzene rings is 2. The van der Waals surface area contributed by atoms with Gasteiger partial charge < -0.3 is 19.6 Å². The van der Waals surface area contributed by atoms with Crippen LogP contribution in [0.2, 0.25) is 0 Å². The lowest BCUT2D eigenvalue weighted by molar-refractivity contribution is -0.134. The highest BCUT2D eigenvalue weighted by Crippen LogP contribution is 2.57. The van der Waals surface area contributed by atoms with Crippen molar-refractivity contribution >= 4 is 33.8 Å². The molecule has 1 aliphatic heterocycles. The molecule has 1 aliphatic rings. The van der Waals surface area contributed by atoms with Crippen LogP contribution in [-0.2, 0) is 4.79 Å². The van der Waals surface area contributed by atoms with Gasteiger partial charge in [-0.1, -0.05) is 44.9 Å².